The van der Waals surface area contributed by atoms with E-state index in [0.29, 0.717) is 23.5 Å². The van der Waals surface area contributed by atoms with Gasteiger partial charge >= 0.3 is 0 Å². The second kappa shape index (κ2) is 6.78. The van der Waals surface area contributed by atoms with Crippen molar-refractivity contribution in [3.63, 3.8) is 0 Å². The first-order valence-corrected chi connectivity index (χ1v) is 7.82. The third kappa shape index (κ3) is 3.99. The van der Waals surface area contributed by atoms with Gasteiger partial charge in [0.1, 0.15) is 5.69 Å². The summed E-state index contributed by atoms with van der Waals surface area (Å²) in [5.74, 6) is 0.565. The molecule has 8 heteroatoms. The molecule has 0 aliphatic rings. The Morgan fingerprint density at radius 1 is 1.20 bits per heavy atom. The van der Waals surface area contributed by atoms with Gasteiger partial charge in [0.05, 0.1) is 33.3 Å². The standard InChI is InChI=1S/C12H20N2O5S/c1-6-9-7-10(13-20(5,15)16)8-11(12(9)17-2)14(18-3)19-4/h7-8,13H,6H2,1-5H3. The number of rotatable bonds is 7. The largest absolute Gasteiger partial charge is 0.494 e. The van der Waals surface area contributed by atoms with Gasteiger partial charge < -0.3 is 4.74 Å². The van der Waals surface area contributed by atoms with Crippen LogP contribution in [-0.4, -0.2) is 36.0 Å². The number of benzene rings is 1. The molecule has 7 nitrogen and oxygen atoms in total. The van der Waals surface area contributed by atoms with Crippen LogP contribution in [0.2, 0.25) is 0 Å². The van der Waals surface area contributed by atoms with E-state index in [9.17, 15) is 8.42 Å². The number of methoxy groups -OCH3 is 1. The molecule has 0 saturated heterocycles. The number of ether oxygens (including phenoxy) is 1. The maximum atomic E-state index is 11.4. The highest BCUT2D eigenvalue weighted by Gasteiger charge is 2.18. The van der Waals surface area contributed by atoms with Gasteiger partial charge in [-0.1, -0.05) is 6.92 Å². The first kappa shape index (κ1) is 16.5. The van der Waals surface area contributed by atoms with Gasteiger partial charge in [0.2, 0.25) is 10.0 Å². The van der Waals surface area contributed by atoms with Crippen molar-refractivity contribution >= 4 is 21.4 Å². The van der Waals surface area contributed by atoms with Gasteiger partial charge in [0, 0.05) is 0 Å². The average molecular weight is 304 g/mol. The summed E-state index contributed by atoms with van der Waals surface area (Å²) in [5.41, 5.74) is 1.72. The lowest BCUT2D eigenvalue weighted by atomic mass is 10.1. The Labute approximate surface area is 119 Å². The Morgan fingerprint density at radius 3 is 2.20 bits per heavy atom. The third-order valence-corrected chi connectivity index (χ3v) is 3.17. The Morgan fingerprint density at radius 2 is 1.80 bits per heavy atom. The number of nitrogens with one attached hydrogen (secondary N) is 1. The van der Waals surface area contributed by atoms with Crippen LogP contribution in [0, 0.1) is 0 Å². The number of aryl methyl sites for hydroxylation is 1. The lowest BCUT2D eigenvalue weighted by molar-refractivity contribution is -0.0441. The topological polar surface area (TPSA) is 77.1 Å². The van der Waals surface area contributed by atoms with E-state index >= 15 is 0 Å². The molecule has 1 rings (SSSR count). The van der Waals surface area contributed by atoms with E-state index in [4.69, 9.17) is 14.4 Å². The van der Waals surface area contributed by atoms with Gasteiger partial charge in [-0.2, -0.15) is 0 Å². The minimum atomic E-state index is -3.37. The quantitative estimate of drug-likeness (QED) is 0.770. The highest BCUT2D eigenvalue weighted by Crippen LogP contribution is 2.36. The number of sulfonamides is 1. The number of hydrogen-bond donors (Lipinski definition) is 1. The van der Waals surface area contributed by atoms with Crippen LogP contribution in [0.4, 0.5) is 11.4 Å². The summed E-state index contributed by atoms with van der Waals surface area (Å²) >= 11 is 0. The molecular weight excluding hydrogens is 284 g/mol. The molecule has 0 bridgehead atoms. The molecule has 0 aromatic heterocycles. The number of nitrogens with zero attached hydrogens (tertiary/aromatic N) is 1. The molecule has 114 valence electrons. The molecule has 1 aromatic rings. The molecule has 0 amide bonds. The van der Waals surface area contributed by atoms with Crippen molar-refractivity contribution in [1.82, 2.24) is 0 Å². The fraction of sp³-hybridized carbons (Fsp3) is 0.500. The fourth-order valence-electron chi connectivity index (χ4n) is 1.85. The Balaban J connectivity index is 3.41. The van der Waals surface area contributed by atoms with Gasteiger partial charge in [-0.05, 0) is 24.1 Å². The van der Waals surface area contributed by atoms with Crippen LogP contribution in [0.5, 0.6) is 5.75 Å². The zero-order valence-corrected chi connectivity index (χ0v) is 13.1. The highest BCUT2D eigenvalue weighted by molar-refractivity contribution is 7.92. The number of hydrogen-bond acceptors (Lipinski definition) is 6. The van der Waals surface area contributed by atoms with Crippen LogP contribution in [0.15, 0.2) is 12.1 Å². The maximum Gasteiger partial charge on any atom is 0.229 e. The monoisotopic (exact) mass is 304 g/mol. The zero-order valence-electron chi connectivity index (χ0n) is 12.3. The van der Waals surface area contributed by atoms with E-state index < -0.39 is 10.0 Å². The molecule has 0 saturated carbocycles. The summed E-state index contributed by atoms with van der Waals surface area (Å²) in [6.45, 7) is 1.94. The van der Waals surface area contributed by atoms with Gasteiger partial charge in [0.25, 0.3) is 0 Å². The Hall–Kier alpha value is -1.51. The first-order valence-electron chi connectivity index (χ1n) is 5.93. The maximum absolute atomic E-state index is 11.4. The Bertz CT molecular complexity index is 555. The summed E-state index contributed by atoms with van der Waals surface area (Å²) in [5, 5.41) is 1.14. The van der Waals surface area contributed by atoms with Crippen LogP contribution >= 0.6 is 0 Å². The molecule has 1 N–H and O–H groups in total. The first-order chi connectivity index (χ1) is 9.36. The molecule has 0 unspecified atom stereocenters. The van der Waals surface area contributed by atoms with Gasteiger partial charge in [-0.25, -0.2) is 8.42 Å². The highest BCUT2D eigenvalue weighted by atomic mass is 32.2. The van der Waals surface area contributed by atoms with E-state index in [0.717, 1.165) is 17.0 Å². The normalized spacial score (nSPS) is 11.2. The average Bonchev–Trinajstić information content (AvgIpc) is 2.37. The Kier molecular flexibility index (Phi) is 5.61. The van der Waals surface area contributed by atoms with Crippen molar-refractivity contribution in [2.45, 2.75) is 13.3 Å². The predicted octanol–water partition coefficient (Wildman–Crippen LogP) is 1.56. The minimum absolute atomic E-state index is 0.416. The fourth-order valence-corrected chi connectivity index (χ4v) is 2.40. The predicted molar refractivity (Wildman–Crippen MR) is 77.3 cm³/mol. The summed E-state index contributed by atoms with van der Waals surface area (Å²) < 4.78 is 30.5. The van der Waals surface area contributed by atoms with Crippen molar-refractivity contribution in [2.24, 2.45) is 0 Å². The van der Waals surface area contributed by atoms with Crippen molar-refractivity contribution in [3.05, 3.63) is 17.7 Å². The minimum Gasteiger partial charge on any atom is -0.494 e. The molecular formula is C12H20N2O5S. The molecule has 0 aliphatic carbocycles. The van der Waals surface area contributed by atoms with Crippen LogP contribution in [0.1, 0.15) is 12.5 Å². The lowest BCUT2D eigenvalue weighted by Crippen LogP contribution is -2.21. The van der Waals surface area contributed by atoms with Crippen LogP contribution in [0.25, 0.3) is 0 Å². The SMILES string of the molecule is CCc1cc(NS(C)(=O)=O)cc(N(OC)OC)c1OC. The summed E-state index contributed by atoms with van der Waals surface area (Å²) in [6.07, 6.45) is 1.75. The van der Waals surface area contributed by atoms with Crippen molar-refractivity contribution in [2.75, 3.05) is 37.5 Å². The molecule has 0 radical (unpaired) electrons. The van der Waals surface area contributed by atoms with Crippen LogP contribution in [0.3, 0.4) is 0 Å². The molecule has 0 fully saturated rings. The van der Waals surface area contributed by atoms with E-state index in [-0.39, 0.29) is 0 Å². The second-order valence-corrected chi connectivity index (χ2v) is 5.79. The van der Waals surface area contributed by atoms with Crippen molar-refractivity contribution < 1.29 is 22.8 Å². The van der Waals surface area contributed by atoms with Crippen LogP contribution < -0.4 is 14.7 Å². The molecule has 0 aliphatic heterocycles. The van der Waals surface area contributed by atoms with E-state index in [1.165, 1.54) is 21.3 Å². The summed E-state index contributed by atoms with van der Waals surface area (Å²) in [4.78, 5) is 10.1. The second-order valence-electron chi connectivity index (χ2n) is 4.04. The number of anilines is 2. The van der Waals surface area contributed by atoms with Gasteiger partial charge in [0.15, 0.2) is 5.75 Å². The smallest absolute Gasteiger partial charge is 0.229 e. The van der Waals surface area contributed by atoms with E-state index in [1.54, 1.807) is 12.1 Å². The summed E-state index contributed by atoms with van der Waals surface area (Å²) in [7, 11) is 1.04. The molecule has 0 spiro atoms. The van der Waals surface area contributed by atoms with E-state index in [1.807, 2.05) is 6.92 Å². The summed E-state index contributed by atoms with van der Waals surface area (Å²) in [6, 6.07) is 3.29. The van der Waals surface area contributed by atoms with Gasteiger partial charge in [-0.15, -0.1) is 5.23 Å². The van der Waals surface area contributed by atoms with Crippen molar-refractivity contribution in [1.29, 1.82) is 0 Å². The zero-order chi connectivity index (χ0) is 15.3. The van der Waals surface area contributed by atoms with E-state index in [2.05, 4.69) is 4.72 Å². The van der Waals surface area contributed by atoms with Crippen molar-refractivity contribution in [3.8, 4) is 5.75 Å². The molecule has 0 heterocycles. The molecule has 0 atom stereocenters. The lowest BCUT2D eigenvalue weighted by Gasteiger charge is -2.23. The van der Waals surface area contributed by atoms with Crippen LogP contribution in [-0.2, 0) is 26.1 Å². The molecule has 20 heavy (non-hydrogen) atoms. The third-order valence-electron chi connectivity index (χ3n) is 2.56. The van der Waals surface area contributed by atoms with Gasteiger partial charge in [-0.3, -0.25) is 14.4 Å². The molecule has 1 aromatic carbocycles.